The third-order valence-electron chi connectivity index (χ3n) is 2.64. The third kappa shape index (κ3) is 4.28. The summed E-state index contributed by atoms with van der Waals surface area (Å²) in [6, 6.07) is 9.98. The van der Waals surface area contributed by atoms with Gasteiger partial charge in [0.15, 0.2) is 0 Å². The second kappa shape index (κ2) is 6.85. The van der Waals surface area contributed by atoms with Gasteiger partial charge >= 0.3 is 12.0 Å². The standard InChI is InChI=1S/C14H12BrN3O3/c15-11-4-2-1-3-9(11)7-17-14(21)18-10-5-6-12(13(19)20)16-8-10/h1-6,8H,7H2,(H,19,20)(H2,17,18,21). The topological polar surface area (TPSA) is 91.3 Å². The zero-order valence-electron chi connectivity index (χ0n) is 10.8. The summed E-state index contributed by atoms with van der Waals surface area (Å²) in [5.74, 6) is -1.11. The second-order valence-corrected chi connectivity index (χ2v) is 4.99. The first-order valence-corrected chi connectivity index (χ1v) is 6.83. The number of aromatic carboxylic acids is 1. The zero-order chi connectivity index (χ0) is 15.2. The van der Waals surface area contributed by atoms with Crippen molar-refractivity contribution in [1.29, 1.82) is 0 Å². The molecule has 108 valence electrons. The smallest absolute Gasteiger partial charge is 0.354 e. The van der Waals surface area contributed by atoms with Crippen molar-refractivity contribution < 1.29 is 14.7 Å². The molecule has 0 radical (unpaired) electrons. The van der Waals surface area contributed by atoms with E-state index in [1.807, 2.05) is 24.3 Å². The van der Waals surface area contributed by atoms with E-state index in [0.717, 1.165) is 10.0 Å². The maximum absolute atomic E-state index is 11.7. The number of halogens is 1. The molecule has 2 amide bonds. The van der Waals surface area contributed by atoms with Crippen molar-refractivity contribution in [1.82, 2.24) is 10.3 Å². The number of urea groups is 1. The molecule has 1 aromatic heterocycles. The Hall–Kier alpha value is -2.41. The molecule has 2 rings (SSSR count). The fourth-order valence-corrected chi connectivity index (χ4v) is 2.01. The summed E-state index contributed by atoms with van der Waals surface area (Å²) in [6.07, 6.45) is 1.29. The van der Waals surface area contributed by atoms with E-state index in [9.17, 15) is 9.59 Å². The normalized spacial score (nSPS) is 9.95. The van der Waals surface area contributed by atoms with Crippen LogP contribution in [0.1, 0.15) is 16.1 Å². The summed E-state index contributed by atoms with van der Waals surface area (Å²) in [5, 5.41) is 14.0. The lowest BCUT2D eigenvalue weighted by Gasteiger charge is -2.08. The van der Waals surface area contributed by atoms with Crippen molar-refractivity contribution in [3.63, 3.8) is 0 Å². The average Bonchev–Trinajstić information content (AvgIpc) is 2.47. The van der Waals surface area contributed by atoms with E-state index in [0.29, 0.717) is 12.2 Å². The molecule has 0 saturated carbocycles. The second-order valence-electron chi connectivity index (χ2n) is 4.14. The van der Waals surface area contributed by atoms with Crippen LogP contribution in [0.25, 0.3) is 0 Å². The van der Waals surface area contributed by atoms with Gasteiger partial charge in [-0.05, 0) is 23.8 Å². The molecule has 0 atom stereocenters. The summed E-state index contributed by atoms with van der Waals surface area (Å²) in [4.78, 5) is 26.1. The average molecular weight is 350 g/mol. The molecule has 1 heterocycles. The first-order chi connectivity index (χ1) is 10.1. The molecular formula is C14H12BrN3O3. The fraction of sp³-hybridized carbons (Fsp3) is 0.0714. The molecular weight excluding hydrogens is 338 g/mol. The summed E-state index contributed by atoms with van der Waals surface area (Å²) >= 11 is 3.40. The molecule has 0 saturated heterocycles. The highest BCUT2D eigenvalue weighted by Crippen LogP contribution is 2.15. The maximum Gasteiger partial charge on any atom is 0.354 e. The van der Waals surface area contributed by atoms with E-state index in [1.54, 1.807) is 0 Å². The van der Waals surface area contributed by atoms with Crippen LogP contribution in [0.5, 0.6) is 0 Å². The largest absolute Gasteiger partial charge is 0.477 e. The molecule has 0 aliphatic rings. The van der Waals surface area contributed by atoms with Gasteiger partial charge in [0.2, 0.25) is 0 Å². The van der Waals surface area contributed by atoms with Gasteiger partial charge in [0.1, 0.15) is 5.69 Å². The van der Waals surface area contributed by atoms with Crippen molar-refractivity contribution in [3.8, 4) is 0 Å². The number of carboxylic acid groups (broad SMARTS) is 1. The quantitative estimate of drug-likeness (QED) is 0.791. The third-order valence-corrected chi connectivity index (χ3v) is 3.41. The van der Waals surface area contributed by atoms with Gasteiger partial charge in [0.25, 0.3) is 0 Å². The lowest BCUT2D eigenvalue weighted by atomic mass is 10.2. The number of carboxylic acids is 1. The summed E-state index contributed by atoms with van der Waals surface area (Å²) < 4.78 is 0.915. The van der Waals surface area contributed by atoms with E-state index in [4.69, 9.17) is 5.11 Å². The van der Waals surface area contributed by atoms with Crippen molar-refractivity contribution in [3.05, 3.63) is 58.3 Å². The number of nitrogens with one attached hydrogen (secondary N) is 2. The number of carbonyl (C=O) groups excluding carboxylic acids is 1. The molecule has 7 heteroatoms. The number of anilines is 1. The van der Waals surface area contributed by atoms with Crippen LogP contribution in [0.4, 0.5) is 10.5 Å². The summed E-state index contributed by atoms with van der Waals surface area (Å²) in [7, 11) is 0. The van der Waals surface area contributed by atoms with Crippen LogP contribution in [0.2, 0.25) is 0 Å². The predicted molar refractivity (Wildman–Crippen MR) is 81.2 cm³/mol. The number of hydrogen-bond donors (Lipinski definition) is 3. The van der Waals surface area contributed by atoms with Crippen LogP contribution in [-0.4, -0.2) is 22.1 Å². The SMILES string of the molecule is O=C(NCc1ccccc1Br)Nc1ccc(C(=O)O)nc1. The molecule has 6 nitrogen and oxygen atoms in total. The Labute approximate surface area is 129 Å². The fourth-order valence-electron chi connectivity index (χ4n) is 1.59. The Balaban J connectivity index is 1.90. The van der Waals surface area contributed by atoms with E-state index < -0.39 is 12.0 Å². The summed E-state index contributed by atoms with van der Waals surface area (Å²) in [5.41, 5.74) is 1.30. The lowest BCUT2D eigenvalue weighted by Crippen LogP contribution is -2.28. The van der Waals surface area contributed by atoms with Gasteiger partial charge in [-0.3, -0.25) is 0 Å². The van der Waals surface area contributed by atoms with Gasteiger partial charge in [-0.25, -0.2) is 14.6 Å². The van der Waals surface area contributed by atoms with Gasteiger partial charge in [0, 0.05) is 11.0 Å². The molecule has 3 N–H and O–H groups in total. The van der Waals surface area contributed by atoms with E-state index >= 15 is 0 Å². The van der Waals surface area contributed by atoms with Crippen LogP contribution in [0.3, 0.4) is 0 Å². The number of amides is 2. The zero-order valence-corrected chi connectivity index (χ0v) is 12.4. The van der Waals surface area contributed by atoms with Crippen molar-refractivity contribution in [2.45, 2.75) is 6.54 Å². The number of rotatable bonds is 4. The number of hydrogen-bond acceptors (Lipinski definition) is 3. The first-order valence-electron chi connectivity index (χ1n) is 6.04. The van der Waals surface area contributed by atoms with E-state index in [-0.39, 0.29) is 5.69 Å². The maximum atomic E-state index is 11.7. The molecule has 21 heavy (non-hydrogen) atoms. The highest BCUT2D eigenvalue weighted by atomic mass is 79.9. The van der Waals surface area contributed by atoms with Crippen molar-refractivity contribution in [2.75, 3.05) is 5.32 Å². The number of aromatic nitrogens is 1. The molecule has 0 unspecified atom stereocenters. The van der Waals surface area contributed by atoms with Gasteiger partial charge < -0.3 is 15.7 Å². The number of pyridine rings is 1. The minimum Gasteiger partial charge on any atom is -0.477 e. The molecule has 0 bridgehead atoms. The Bertz CT molecular complexity index is 659. The van der Waals surface area contributed by atoms with Crippen LogP contribution in [-0.2, 0) is 6.54 Å². The Kier molecular flexibility index (Phi) is 4.89. The van der Waals surface area contributed by atoms with Gasteiger partial charge in [0.05, 0.1) is 11.9 Å². The molecule has 2 aromatic rings. The molecule has 0 aliphatic carbocycles. The minimum atomic E-state index is -1.11. The van der Waals surface area contributed by atoms with Gasteiger partial charge in [-0.2, -0.15) is 0 Å². The highest BCUT2D eigenvalue weighted by molar-refractivity contribution is 9.10. The molecule has 0 aliphatic heterocycles. The molecule has 0 fully saturated rings. The Morgan fingerprint density at radius 2 is 1.95 bits per heavy atom. The monoisotopic (exact) mass is 349 g/mol. The van der Waals surface area contributed by atoms with Crippen LogP contribution in [0, 0.1) is 0 Å². The Morgan fingerprint density at radius 1 is 1.19 bits per heavy atom. The van der Waals surface area contributed by atoms with Gasteiger partial charge in [-0.15, -0.1) is 0 Å². The number of carbonyl (C=O) groups is 2. The van der Waals surface area contributed by atoms with Crippen molar-refractivity contribution >= 4 is 33.6 Å². The number of benzene rings is 1. The minimum absolute atomic E-state index is 0.0748. The summed E-state index contributed by atoms with van der Waals surface area (Å²) in [6.45, 7) is 0.369. The number of nitrogens with zero attached hydrogens (tertiary/aromatic N) is 1. The van der Waals surface area contributed by atoms with Gasteiger partial charge in [-0.1, -0.05) is 34.1 Å². The molecule has 1 aromatic carbocycles. The molecule has 0 spiro atoms. The predicted octanol–water partition coefficient (Wildman–Crippen LogP) is 2.86. The van der Waals surface area contributed by atoms with Crippen LogP contribution in [0.15, 0.2) is 47.1 Å². The first kappa shape index (κ1) is 15.0. The van der Waals surface area contributed by atoms with Crippen LogP contribution >= 0.6 is 15.9 Å². The van der Waals surface area contributed by atoms with E-state index in [1.165, 1.54) is 18.3 Å². The van der Waals surface area contributed by atoms with Crippen LogP contribution < -0.4 is 10.6 Å². The van der Waals surface area contributed by atoms with E-state index in [2.05, 4.69) is 31.5 Å². The van der Waals surface area contributed by atoms with Crippen molar-refractivity contribution in [2.24, 2.45) is 0 Å². The Morgan fingerprint density at radius 3 is 2.57 bits per heavy atom. The highest BCUT2D eigenvalue weighted by Gasteiger charge is 2.06. The lowest BCUT2D eigenvalue weighted by molar-refractivity contribution is 0.0690.